The normalized spacial score (nSPS) is 13.8. The quantitative estimate of drug-likeness (QED) is 0.909. The van der Waals surface area contributed by atoms with Gasteiger partial charge in [0.25, 0.3) is 5.91 Å². The zero-order valence-corrected chi connectivity index (χ0v) is 12.3. The Morgan fingerprint density at radius 1 is 1.40 bits per heavy atom. The Kier molecular flexibility index (Phi) is 3.85. The summed E-state index contributed by atoms with van der Waals surface area (Å²) in [6.07, 6.45) is 1.92. The summed E-state index contributed by atoms with van der Waals surface area (Å²) in [5.74, 6) is 0.0100. The van der Waals surface area contributed by atoms with Gasteiger partial charge in [-0.3, -0.25) is 4.79 Å². The van der Waals surface area contributed by atoms with E-state index in [9.17, 15) is 4.79 Å². The van der Waals surface area contributed by atoms with Gasteiger partial charge in [0.1, 0.15) is 0 Å². The number of amides is 1. The van der Waals surface area contributed by atoms with Crippen molar-refractivity contribution in [2.45, 2.75) is 26.3 Å². The number of rotatable bonds is 3. The van der Waals surface area contributed by atoms with E-state index in [0.29, 0.717) is 0 Å². The molecule has 104 valence electrons. The highest BCUT2D eigenvalue weighted by molar-refractivity contribution is 7.12. The highest BCUT2D eigenvalue weighted by Gasteiger charge is 2.16. The van der Waals surface area contributed by atoms with Gasteiger partial charge < -0.3 is 10.6 Å². The Hall–Kier alpha value is -1.65. The number of fused-ring (bicyclic) bond motifs is 1. The minimum Gasteiger partial charge on any atom is -0.321 e. The topological polar surface area (TPSA) is 41.1 Å². The molecule has 0 saturated heterocycles. The van der Waals surface area contributed by atoms with Crippen LogP contribution in [0.4, 0.5) is 5.69 Å². The standard InChI is InChI=1S/C16H18N2OS/c1-2-11-7-9-20-15(11)16(19)18-14-5-3-4-12-6-8-17-10-13(12)14/h3-5,7,9,17H,2,6,8,10H2,1H3,(H,18,19). The molecule has 0 unspecified atom stereocenters. The number of thiophene rings is 1. The molecule has 2 heterocycles. The molecule has 20 heavy (non-hydrogen) atoms. The summed E-state index contributed by atoms with van der Waals surface area (Å²) < 4.78 is 0. The SMILES string of the molecule is CCc1ccsc1C(=O)Nc1cccc2c1CNCC2. The van der Waals surface area contributed by atoms with Crippen LogP contribution in [0.2, 0.25) is 0 Å². The average Bonchev–Trinajstić information content (AvgIpc) is 2.96. The van der Waals surface area contributed by atoms with Gasteiger partial charge in [-0.05, 0) is 53.6 Å². The molecule has 0 atom stereocenters. The highest BCUT2D eigenvalue weighted by atomic mass is 32.1. The molecule has 1 aromatic heterocycles. The predicted molar refractivity (Wildman–Crippen MR) is 83.5 cm³/mol. The van der Waals surface area contributed by atoms with Crippen LogP contribution in [-0.2, 0) is 19.4 Å². The number of carbonyl (C=O) groups is 1. The molecule has 0 bridgehead atoms. The molecule has 0 radical (unpaired) electrons. The first kappa shape index (κ1) is 13.3. The van der Waals surface area contributed by atoms with Gasteiger partial charge in [0.15, 0.2) is 0 Å². The Labute approximate surface area is 123 Å². The average molecular weight is 286 g/mol. The third kappa shape index (κ3) is 2.49. The van der Waals surface area contributed by atoms with Crippen molar-refractivity contribution in [2.75, 3.05) is 11.9 Å². The fraction of sp³-hybridized carbons (Fsp3) is 0.312. The lowest BCUT2D eigenvalue weighted by Gasteiger charge is -2.20. The zero-order chi connectivity index (χ0) is 13.9. The molecule has 1 amide bonds. The second-order valence-electron chi connectivity index (χ2n) is 4.95. The van der Waals surface area contributed by atoms with E-state index in [1.807, 2.05) is 23.6 Å². The number of nitrogens with one attached hydrogen (secondary N) is 2. The van der Waals surface area contributed by atoms with Crippen LogP contribution in [0.15, 0.2) is 29.6 Å². The van der Waals surface area contributed by atoms with Gasteiger partial charge in [0.2, 0.25) is 0 Å². The fourth-order valence-corrected chi connectivity index (χ4v) is 3.51. The van der Waals surface area contributed by atoms with Crippen LogP contribution in [0.25, 0.3) is 0 Å². The van der Waals surface area contributed by atoms with Gasteiger partial charge in [0, 0.05) is 12.2 Å². The van der Waals surface area contributed by atoms with Gasteiger partial charge in [-0.1, -0.05) is 19.1 Å². The molecule has 0 aliphatic carbocycles. The minimum atomic E-state index is 0.0100. The molecule has 2 N–H and O–H groups in total. The number of carbonyl (C=O) groups excluding carboxylic acids is 1. The van der Waals surface area contributed by atoms with E-state index in [0.717, 1.165) is 42.1 Å². The van der Waals surface area contributed by atoms with Crippen LogP contribution in [-0.4, -0.2) is 12.5 Å². The van der Waals surface area contributed by atoms with Gasteiger partial charge in [-0.25, -0.2) is 0 Å². The molecule has 3 rings (SSSR count). The molecular formula is C16H18N2OS. The minimum absolute atomic E-state index is 0.0100. The van der Waals surface area contributed by atoms with E-state index in [1.54, 1.807) is 0 Å². The van der Waals surface area contributed by atoms with E-state index in [4.69, 9.17) is 0 Å². The smallest absolute Gasteiger partial charge is 0.266 e. The second kappa shape index (κ2) is 5.77. The fourth-order valence-electron chi connectivity index (χ4n) is 2.62. The van der Waals surface area contributed by atoms with E-state index in [-0.39, 0.29) is 5.91 Å². The van der Waals surface area contributed by atoms with Gasteiger partial charge in [0.05, 0.1) is 4.88 Å². The van der Waals surface area contributed by atoms with Gasteiger partial charge >= 0.3 is 0 Å². The van der Waals surface area contributed by atoms with Gasteiger partial charge in [-0.2, -0.15) is 0 Å². The summed E-state index contributed by atoms with van der Waals surface area (Å²) in [7, 11) is 0. The Bertz CT molecular complexity index is 633. The van der Waals surface area contributed by atoms with Crippen LogP contribution >= 0.6 is 11.3 Å². The van der Waals surface area contributed by atoms with Crippen LogP contribution < -0.4 is 10.6 Å². The number of hydrogen-bond acceptors (Lipinski definition) is 3. The van der Waals surface area contributed by atoms with E-state index in [2.05, 4.69) is 23.6 Å². The van der Waals surface area contributed by atoms with E-state index in [1.165, 1.54) is 22.5 Å². The van der Waals surface area contributed by atoms with Crippen molar-refractivity contribution < 1.29 is 4.79 Å². The zero-order valence-electron chi connectivity index (χ0n) is 11.5. The summed E-state index contributed by atoms with van der Waals surface area (Å²) in [6, 6.07) is 8.19. The van der Waals surface area contributed by atoms with E-state index >= 15 is 0 Å². The summed E-state index contributed by atoms with van der Waals surface area (Å²) in [6.45, 7) is 3.92. The molecular weight excluding hydrogens is 268 g/mol. The summed E-state index contributed by atoms with van der Waals surface area (Å²) in [5, 5.41) is 8.42. The lowest BCUT2D eigenvalue weighted by molar-refractivity contribution is 0.102. The summed E-state index contributed by atoms with van der Waals surface area (Å²) in [5.41, 5.74) is 4.62. The number of benzene rings is 1. The largest absolute Gasteiger partial charge is 0.321 e. The Balaban J connectivity index is 1.86. The Morgan fingerprint density at radius 2 is 2.30 bits per heavy atom. The van der Waals surface area contributed by atoms with Crippen LogP contribution in [0.5, 0.6) is 0 Å². The third-order valence-electron chi connectivity index (χ3n) is 3.73. The van der Waals surface area contributed by atoms with Crippen LogP contribution in [0.1, 0.15) is 33.3 Å². The van der Waals surface area contributed by atoms with Crippen LogP contribution in [0, 0.1) is 0 Å². The van der Waals surface area contributed by atoms with Crippen molar-refractivity contribution in [3.8, 4) is 0 Å². The van der Waals surface area contributed by atoms with Crippen molar-refractivity contribution in [3.63, 3.8) is 0 Å². The molecule has 1 aromatic carbocycles. The molecule has 1 aliphatic rings. The van der Waals surface area contributed by atoms with Crippen molar-refractivity contribution in [1.29, 1.82) is 0 Å². The molecule has 0 saturated carbocycles. The second-order valence-corrected chi connectivity index (χ2v) is 5.87. The molecule has 0 fully saturated rings. The number of hydrogen-bond donors (Lipinski definition) is 2. The maximum atomic E-state index is 12.4. The van der Waals surface area contributed by atoms with Crippen LogP contribution in [0.3, 0.4) is 0 Å². The molecule has 2 aromatic rings. The summed E-state index contributed by atoms with van der Waals surface area (Å²) in [4.78, 5) is 13.2. The van der Waals surface area contributed by atoms with Crippen molar-refractivity contribution in [2.24, 2.45) is 0 Å². The third-order valence-corrected chi connectivity index (χ3v) is 4.68. The number of aryl methyl sites for hydroxylation is 1. The molecule has 1 aliphatic heterocycles. The Morgan fingerprint density at radius 3 is 3.15 bits per heavy atom. The molecule has 3 nitrogen and oxygen atoms in total. The first-order chi connectivity index (χ1) is 9.79. The lowest BCUT2D eigenvalue weighted by atomic mass is 9.99. The highest BCUT2D eigenvalue weighted by Crippen LogP contribution is 2.25. The maximum absolute atomic E-state index is 12.4. The first-order valence-electron chi connectivity index (χ1n) is 6.98. The van der Waals surface area contributed by atoms with Gasteiger partial charge in [-0.15, -0.1) is 11.3 Å². The van der Waals surface area contributed by atoms with Crippen molar-refractivity contribution in [3.05, 3.63) is 51.2 Å². The molecule has 4 heteroatoms. The van der Waals surface area contributed by atoms with Crippen molar-refractivity contribution in [1.82, 2.24) is 5.32 Å². The summed E-state index contributed by atoms with van der Waals surface area (Å²) >= 11 is 1.51. The monoisotopic (exact) mass is 286 g/mol. The molecule has 0 spiro atoms. The maximum Gasteiger partial charge on any atom is 0.266 e. The lowest BCUT2D eigenvalue weighted by Crippen LogP contribution is -2.25. The van der Waals surface area contributed by atoms with E-state index < -0.39 is 0 Å². The number of anilines is 1. The first-order valence-corrected chi connectivity index (χ1v) is 7.86. The predicted octanol–water partition coefficient (Wildman–Crippen LogP) is 3.21. The van der Waals surface area contributed by atoms with Crippen molar-refractivity contribution >= 4 is 22.9 Å².